The van der Waals surface area contributed by atoms with Gasteiger partial charge in [-0.15, -0.1) is 0 Å². The van der Waals surface area contributed by atoms with Crippen molar-refractivity contribution in [1.82, 2.24) is 5.32 Å². The standard InChI is InChI=1S/C22H25NO4/c1-16-5-2-3-8-19(16)22(10-13-27-14-11-22)21(26)23-12-9-17-6-4-7-18(15-17)20(24)25/h2-8,15H,9-14H2,1H3,(H,23,26)(H,24,25). The number of rotatable bonds is 6. The van der Waals surface area contributed by atoms with Crippen molar-refractivity contribution in [1.29, 1.82) is 0 Å². The van der Waals surface area contributed by atoms with Gasteiger partial charge in [0.2, 0.25) is 5.91 Å². The molecule has 0 atom stereocenters. The Morgan fingerprint density at radius 2 is 1.85 bits per heavy atom. The molecule has 0 aromatic heterocycles. The molecular weight excluding hydrogens is 342 g/mol. The second kappa shape index (κ2) is 8.35. The van der Waals surface area contributed by atoms with E-state index in [9.17, 15) is 9.59 Å². The van der Waals surface area contributed by atoms with E-state index in [-0.39, 0.29) is 11.5 Å². The summed E-state index contributed by atoms with van der Waals surface area (Å²) in [6.07, 6.45) is 1.92. The molecule has 1 heterocycles. The molecule has 1 fully saturated rings. The third kappa shape index (κ3) is 4.19. The highest BCUT2D eigenvalue weighted by Crippen LogP contribution is 2.36. The molecule has 2 aromatic rings. The monoisotopic (exact) mass is 367 g/mol. The van der Waals surface area contributed by atoms with E-state index >= 15 is 0 Å². The lowest BCUT2D eigenvalue weighted by Crippen LogP contribution is -2.48. The van der Waals surface area contributed by atoms with Crippen LogP contribution < -0.4 is 5.32 Å². The fourth-order valence-corrected chi connectivity index (χ4v) is 3.80. The summed E-state index contributed by atoms with van der Waals surface area (Å²) in [5.74, 6) is -0.920. The Morgan fingerprint density at radius 3 is 2.56 bits per heavy atom. The van der Waals surface area contributed by atoms with Crippen LogP contribution in [0.5, 0.6) is 0 Å². The summed E-state index contributed by atoms with van der Waals surface area (Å²) in [6.45, 7) is 3.65. The Hall–Kier alpha value is -2.66. The number of hydrogen-bond acceptors (Lipinski definition) is 3. The van der Waals surface area contributed by atoms with Gasteiger partial charge in [-0.05, 0) is 55.0 Å². The maximum atomic E-state index is 13.2. The van der Waals surface area contributed by atoms with E-state index in [0.717, 1.165) is 16.7 Å². The molecule has 1 saturated heterocycles. The number of ether oxygens (including phenoxy) is 1. The van der Waals surface area contributed by atoms with Crippen LogP contribution in [0.15, 0.2) is 48.5 Å². The number of carbonyl (C=O) groups is 2. The molecule has 1 amide bonds. The molecule has 5 heteroatoms. The number of nitrogens with one attached hydrogen (secondary N) is 1. The van der Waals surface area contributed by atoms with Crippen molar-refractivity contribution in [2.45, 2.75) is 31.6 Å². The van der Waals surface area contributed by atoms with Gasteiger partial charge in [0.05, 0.1) is 11.0 Å². The molecule has 3 rings (SSSR count). The van der Waals surface area contributed by atoms with Gasteiger partial charge in [-0.3, -0.25) is 4.79 Å². The zero-order valence-corrected chi connectivity index (χ0v) is 15.5. The van der Waals surface area contributed by atoms with Crippen LogP contribution in [0.25, 0.3) is 0 Å². The van der Waals surface area contributed by atoms with Crippen LogP contribution in [0, 0.1) is 6.92 Å². The summed E-state index contributed by atoms with van der Waals surface area (Å²) in [7, 11) is 0. The summed E-state index contributed by atoms with van der Waals surface area (Å²) in [5.41, 5.74) is 2.78. The Labute approximate surface area is 159 Å². The maximum Gasteiger partial charge on any atom is 0.335 e. The van der Waals surface area contributed by atoms with E-state index < -0.39 is 11.4 Å². The number of carboxylic acid groups (broad SMARTS) is 1. The highest BCUT2D eigenvalue weighted by Gasteiger charge is 2.42. The van der Waals surface area contributed by atoms with Gasteiger partial charge in [-0.25, -0.2) is 4.79 Å². The second-order valence-electron chi connectivity index (χ2n) is 7.02. The van der Waals surface area contributed by atoms with Crippen molar-refractivity contribution in [3.8, 4) is 0 Å². The van der Waals surface area contributed by atoms with E-state index in [4.69, 9.17) is 9.84 Å². The maximum absolute atomic E-state index is 13.2. The highest BCUT2D eigenvalue weighted by atomic mass is 16.5. The number of carboxylic acids is 1. The van der Waals surface area contributed by atoms with Crippen LogP contribution in [0.3, 0.4) is 0 Å². The third-order valence-corrected chi connectivity index (χ3v) is 5.31. The van der Waals surface area contributed by atoms with Crippen LogP contribution in [0.1, 0.15) is 39.9 Å². The highest BCUT2D eigenvalue weighted by molar-refractivity contribution is 5.89. The number of hydrogen-bond donors (Lipinski definition) is 2. The first-order chi connectivity index (χ1) is 13.0. The molecule has 0 bridgehead atoms. The smallest absolute Gasteiger partial charge is 0.335 e. The number of benzene rings is 2. The van der Waals surface area contributed by atoms with Gasteiger partial charge in [0, 0.05) is 19.8 Å². The molecule has 5 nitrogen and oxygen atoms in total. The normalized spacial score (nSPS) is 15.9. The van der Waals surface area contributed by atoms with E-state index in [0.29, 0.717) is 39.0 Å². The summed E-state index contributed by atoms with van der Waals surface area (Å²) in [4.78, 5) is 24.3. The largest absolute Gasteiger partial charge is 0.478 e. The van der Waals surface area contributed by atoms with E-state index in [1.165, 1.54) is 0 Å². The zero-order chi connectivity index (χ0) is 19.3. The molecule has 142 valence electrons. The molecule has 1 aliphatic heterocycles. The molecule has 27 heavy (non-hydrogen) atoms. The minimum Gasteiger partial charge on any atom is -0.478 e. The van der Waals surface area contributed by atoms with Crippen molar-refractivity contribution >= 4 is 11.9 Å². The van der Waals surface area contributed by atoms with Gasteiger partial charge < -0.3 is 15.2 Å². The van der Waals surface area contributed by atoms with Crippen molar-refractivity contribution < 1.29 is 19.4 Å². The molecular formula is C22H25NO4. The van der Waals surface area contributed by atoms with E-state index in [1.54, 1.807) is 18.2 Å². The Kier molecular flexibility index (Phi) is 5.91. The van der Waals surface area contributed by atoms with E-state index in [1.807, 2.05) is 37.3 Å². The number of amides is 1. The Morgan fingerprint density at radius 1 is 1.11 bits per heavy atom. The SMILES string of the molecule is Cc1ccccc1C1(C(=O)NCCc2cccc(C(=O)O)c2)CCOCC1. The minimum atomic E-state index is -0.943. The number of carbonyl (C=O) groups excluding carboxylic acids is 1. The molecule has 0 saturated carbocycles. The zero-order valence-electron chi connectivity index (χ0n) is 15.5. The van der Waals surface area contributed by atoms with Gasteiger partial charge in [0.25, 0.3) is 0 Å². The minimum absolute atomic E-state index is 0.0227. The Balaban J connectivity index is 1.71. The lowest BCUT2D eigenvalue weighted by atomic mass is 9.72. The van der Waals surface area contributed by atoms with Crippen LogP contribution in [-0.4, -0.2) is 36.7 Å². The van der Waals surface area contributed by atoms with Crippen molar-refractivity contribution in [3.63, 3.8) is 0 Å². The van der Waals surface area contributed by atoms with Gasteiger partial charge in [0.15, 0.2) is 0 Å². The average Bonchev–Trinajstić information content (AvgIpc) is 2.69. The molecule has 0 spiro atoms. The first-order valence-corrected chi connectivity index (χ1v) is 9.27. The number of aromatic carboxylic acids is 1. The van der Waals surface area contributed by atoms with Crippen molar-refractivity contribution in [2.75, 3.05) is 19.8 Å². The van der Waals surface area contributed by atoms with E-state index in [2.05, 4.69) is 5.32 Å². The first-order valence-electron chi connectivity index (χ1n) is 9.27. The summed E-state index contributed by atoms with van der Waals surface area (Å²) < 4.78 is 5.51. The summed E-state index contributed by atoms with van der Waals surface area (Å²) in [5, 5.41) is 12.2. The van der Waals surface area contributed by atoms with Crippen LogP contribution in [-0.2, 0) is 21.4 Å². The van der Waals surface area contributed by atoms with Crippen LogP contribution >= 0.6 is 0 Å². The summed E-state index contributed by atoms with van der Waals surface area (Å²) in [6, 6.07) is 14.9. The molecule has 0 unspecified atom stereocenters. The van der Waals surface area contributed by atoms with Crippen molar-refractivity contribution in [2.24, 2.45) is 0 Å². The van der Waals surface area contributed by atoms with Crippen LogP contribution in [0.4, 0.5) is 0 Å². The number of aryl methyl sites for hydroxylation is 1. The fraction of sp³-hybridized carbons (Fsp3) is 0.364. The predicted molar refractivity (Wildman–Crippen MR) is 103 cm³/mol. The average molecular weight is 367 g/mol. The molecule has 1 aliphatic rings. The van der Waals surface area contributed by atoms with Gasteiger partial charge in [0.1, 0.15) is 0 Å². The quantitative estimate of drug-likeness (QED) is 0.823. The molecule has 0 aliphatic carbocycles. The Bertz CT molecular complexity index is 825. The lowest BCUT2D eigenvalue weighted by molar-refractivity contribution is -0.130. The molecule has 0 radical (unpaired) electrons. The molecule has 2 N–H and O–H groups in total. The lowest BCUT2D eigenvalue weighted by Gasteiger charge is -2.37. The summed E-state index contributed by atoms with van der Waals surface area (Å²) >= 11 is 0. The molecule has 2 aromatic carbocycles. The van der Waals surface area contributed by atoms with Gasteiger partial charge >= 0.3 is 5.97 Å². The predicted octanol–water partition coefficient (Wildman–Crippen LogP) is 3.10. The van der Waals surface area contributed by atoms with Crippen molar-refractivity contribution in [3.05, 3.63) is 70.8 Å². The third-order valence-electron chi connectivity index (χ3n) is 5.31. The fourth-order valence-electron chi connectivity index (χ4n) is 3.80. The van der Waals surface area contributed by atoms with Gasteiger partial charge in [-0.1, -0.05) is 36.4 Å². The van der Waals surface area contributed by atoms with Gasteiger partial charge in [-0.2, -0.15) is 0 Å². The van der Waals surface area contributed by atoms with Crippen LogP contribution in [0.2, 0.25) is 0 Å². The topological polar surface area (TPSA) is 75.6 Å². The second-order valence-corrected chi connectivity index (χ2v) is 7.02. The first kappa shape index (κ1) is 19.1.